The predicted molar refractivity (Wildman–Crippen MR) is 68.7 cm³/mol. The van der Waals surface area contributed by atoms with Gasteiger partial charge in [-0.25, -0.2) is 17.5 Å². The lowest BCUT2D eigenvalue weighted by Gasteiger charge is -2.11. The molecule has 0 bridgehead atoms. The van der Waals surface area contributed by atoms with E-state index >= 15 is 0 Å². The van der Waals surface area contributed by atoms with E-state index in [9.17, 15) is 12.8 Å². The summed E-state index contributed by atoms with van der Waals surface area (Å²) >= 11 is 0. The van der Waals surface area contributed by atoms with E-state index in [1.54, 1.807) is 0 Å². The van der Waals surface area contributed by atoms with Crippen molar-refractivity contribution in [3.63, 3.8) is 0 Å². The molecule has 0 spiro atoms. The van der Waals surface area contributed by atoms with Gasteiger partial charge in [-0.3, -0.25) is 0 Å². The molecule has 0 saturated heterocycles. The SMILES string of the molecule is COCCCNS(=O)(=O)c1cc(CO)cc(F)c1C. The first-order valence-electron chi connectivity index (χ1n) is 5.81. The molecule has 0 saturated carbocycles. The van der Waals surface area contributed by atoms with Crippen LogP contribution in [0.1, 0.15) is 17.5 Å². The molecule has 0 aliphatic rings. The molecule has 0 fully saturated rings. The van der Waals surface area contributed by atoms with Crippen LogP contribution in [-0.2, 0) is 21.4 Å². The first-order valence-corrected chi connectivity index (χ1v) is 7.29. The molecule has 5 nitrogen and oxygen atoms in total. The van der Waals surface area contributed by atoms with Gasteiger partial charge in [0.25, 0.3) is 0 Å². The van der Waals surface area contributed by atoms with Crippen molar-refractivity contribution in [2.24, 2.45) is 0 Å². The second kappa shape index (κ2) is 6.95. The monoisotopic (exact) mass is 291 g/mol. The average Bonchev–Trinajstić information content (AvgIpc) is 2.37. The van der Waals surface area contributed by atoms with Gasteiger partial charge in [0.15, 0.2) is 0 Å². The third-order valence-electron chi connectivity index (χ3n) is 2.65. The first-order chi connectivity index (χ1) is 8.92. The third kappa shape index (κ3) is 4.24. The Bertz CT molecular complexity index is 531. The highest BCUT2D eigenvalue weighted by Crippen LogP contribution is 2.20. The minimum Gasteiger partial charge on any atom is -0.392 e. The highest BCUT2D eigenvalue weighted by molar-refractivity contribution is 7.89. The lowest BCUT2D eigenvalue weighted by atomic mass is 10.1. The van der Waals surface area contributed by atoms with E-state index in [-0.39, 0.29) is 22.6 Å². The van der Waals surface area contributed by atoms with E-state index in [0.717, 1.165) is 6.07 Å². The van der Waals surface area contributed by atoms with Crippen LogP contribution in [-0.4, -0.2) is 33.8 Å². The summed E-state index contributed by atoms with van der Waals surface area (Å²) in [6.45, 7) is 1.62. The van der Waals surface area contributed by atoms with E-state index in [4.69, 9.17) is 9.84 Å². The van der Waals surface area contributed by atoms with Crippen LogP contribution in [0.3, 0.4) is 0 Å². The number of methoxy groups -OCH3 is 1. The molecule has 19 heavy (non-hydrogen) atoms. The molecule has 0 heterocycles. The molecule has 1 rings (SSSR count). The molecule has 0 radical (unpaired) electrons. The zero-order chi connectivity index (χ0) is 14.5. The summed E-state index contributed by atoms with van der Waals surface area (Å²) in [6.07, 6.45) is 0.525. The fourth-order valence-corrected chi connectivity index (χ4v) is 2.95. The number of hydrogen-bond acceptors (Lipinski definition) is 4. The van der Waals surface area contributed by atoms with Gasteiger partial charge in [-0.05, 0) is 31.0 Å². The Morgan fingerprint density at radius 2 is 2.11 bits per heavy atom. The van der Waals surface area contributed by atoms with Crippen LogP contribution in [0.5, 0.6) is 0 Å². The summed E-state index contributed by atoms with van der Waals surface area (Å²) in [6, 6.07) is 2.40. The largest absolute Gasteiger partial charge is 0.392 e. The van der Waals surface area contributed by atoms with Crippen molar-refractivity contribution in [3.05, 3.63) is 29.1 Å². The molecule has 0 aromatic heterocycles. The topological polar surface area (TPSA) is 75.6 Å². The van der Waals surface area contributed by atoms with Crippen LogP contribution in [0.2, 0.25) is 0 Å². The summed E-state index contributed by atoms with van der Waals surface area (Å²) in [7, 11) is -2.26. The zero-order valence-electron chi connectivity index (χ0n) is 10.9. The van der Waals surface area contributed by atoms with Crippen LogP contribution in [0, 0.1) is 12.7 Å². The maximum atomic E-state index is 13.6. The van der Waals surface area contributed by atoms with E-state index < -0.39 is 22.4 Å². The molecule has 1 aromatic carbocycles. The summed E-state index contributed by atoms with van der Waals surface area (Å²) in [5.41, 5.74) is 0.261. The Labute approximate surface area is 112 Å². The first kappa shape index (κ1) is 16.0. The molecule has 0 aliphatic carbocycles. The number of sulfonamides is 1. The molecular weight excluding hydrogens is 273 g/mol. The van der Waals surface area contributed by atoms with Gasteiger partial charge in [-0.1, -0.05) is 0 Å². The zero-order valence-corrected chi connectivity index (χ0v) is 11.8. The standard InChI is InChI=1S/C12H18FNO4S/c1-9-11(13)6-10(8-15)7-12(9)19(16,17)14-4-3-5-18-2/h6-7,14-15H,3-5,8H2,1-2H3. The van der Waals surface area contributed by atoms with Crippen molar-refractivity contribution in [1.82, 2.24) is 4.72 Å². The Balaban J connectivity index is 2.97. The van der Waals surface area contributed by atoms with Gasteiger partial charge in [-0.15, -0.1) is 0 Å². The van der Waals surface area contributed by atoms with Crippen LogP contribution in [0.15, 0.2) is 17.0 Å². The van der Waals surface area contributed by atoms with Crippen molar-refractivity contribution < 1.29 is 22.7 Å². The van der Waals surface area contributed by atoms with Crippen LogP contribution < -0.4 is 4.72 Å². The van der Waals surface area contributed by atoms with E-state index in [1.165, 1.54) is 20.1 Å². The second-order valence-electron chi connectivity index (χ2n) is 4.10. The Morgan fingerprint density at radius 3 is 2.68 bits per heavy atom. The lowest BCUT2D eigenvalue weighted by molar-refractivity contribution is 0.196. The molecule has 1 aromatic rings. The van der Waals surface area contributed by atoms with E-state index in [2.05, 4.69) is 4.72 Å². The summed E-state index contributed by atoms with van der Waals surface area (Å²) in [4.78, 5) is -0.144. The van der Waals surface area contributed by atoms with Crippen LogP contribution in [0.25, 0.3) is 0 Å². The van der Waals surface area contributed by atoms with E-state index in [0.29, 0.717) is 13.0 Å². The molecule has 108 valence electrons. The van der Waals surface area contributed by atoms with Crippen LogP contribution in [0.4, 0.5) is 4.39 Å². The smallest absolute Gasteiger partial charge is 0.240 e. The maximum absolute atomic E-state index is 13.6. The fourth-order valence-electron chi connectivity index (χ4n) is 1.58. The van der Waals surface area contributed by atoms with Crippen molar-refractivity contribution in [2.45, 2.75) is 24.8 Å². The number of nitrogens with one attached hydrogen (secondary N) is 1. The summed E-state index contributed by atoms with van der Waals surface area (Å²) < 4.78 is 44.8. The lowest BCUT2D eigenvalue weighted by Crippen LogP contribution is -2.26. The van der Waals surface area contributed by atoms with Gasteiger partial charge in [-0.2, -0.15) is 0 Å². The number of benzene rings is 1. The number of rotatable bonds is 7. The third-order valence-corrected chi connectivity index (χ3v) is 4.23. The Morgan fingerprint density at radius 1 is 1.42 bits per heavy atom. The van der Waals surface area contributed by atoms with Gasteiger partial charge >= 0.3 is 0 Å². The molecule has 0 atom stereocenters. The molecule has 0 aliphatic heterocycles. The van der Waals surface area contributed by atoms with Crippen molar-refractivity contribution in [3.8, 4) is 0 Å². The highest BCUT2D eigenvalue weighted by atomic mass is 32.2. The minimum atomic E-state index is -3.78. The fraction of sp³-hybridized carbons (Fsp3) is 0.500. The number of aliphatic hydroxyl groups excluding tert-OH is 1. The normalized spacial score (nSPS) is 11.8. The van der Waals surface area contributed by atoms with E-state index in [1.807, 2.05) is 0 Å². The Kier molecular flexibility index (Phi) is 5.86. The van der Waals surface area contributed by atoms with Gasteiger partial charge in [0.05, 0.1) is 11.5 Å². The number of aliphatic hydroxyl groups is 1. The number of hydrogen-bond donors (Lipinski definition) is 2. The van der Waals surface area contributed by atoms with Crippen molar-refractivity contribution >= 4 is 10.0 Å². The molecule has 0 unspecified atom stereocenters. The predicted octanol–water partition coefficient (Wildman–Crippen LogP) is 0.941. The number of ether oxygens (including phenoxy) is 1. The molecule has 2 N–H and O–H groups in total. The summed E-state index contributed by atoms with van der Waals surface area (Å²) in [5.74, 6) is -0.649. The average molecular weight is 291 g/mol. The van der Waals surface area contributed by atoms with Gasteiger partial charge in [0.2, 0.25) is 10.0 Å². The van der Waals surface area contributed by atoms with Gasteiger partial charge in [0.1, 0.15) is 5.82 Å². The van der Waals surface area contributed by atoms with Gasteiger partial charge < -0.3 is 9.84 Å². The molecule has 7 heteroatoms. The quantitative estimate of drug-likeness (QED) is 0.733. The van der Waals surface area contributed by atoms with Crippen molar-refractivity contribution in [2.75, 3.05) is 20.3 Å². The molecular formula is C12H18FNO4S. The Hall–Kier alpha value is -1.02. The maximum Gasteiger partial charge on any atom is 0.240 e. The molecule has 0 amide bonds. The highest BCUT2D eigenvalue weighted by Gasteiger charge is 2.19. The van der Waals surface area contributed by atoms with Crippen LogP contribution >= 0.6 is 0 Å². The van der Waals surface area contributed by atoms with Gasteiger partial charge in [0, 0.05) is 25.8 Å². The summed E-state index contributed by atoms with van der Waals surface area (Å²) in [5, 5.41) is 8.99. The second-order valence-corrected chi connectivity index (χ2v) is 5.84. The minimum absolute atomic E-state index is 0.0384. The van der Waals surface area contributed by atoms with Crippen molar-refractivity contribution in [1.29, 1.82) is 0 Å². The number of halogens is 1.